The third-order valence-corrected chi connectivity index (χ3v) is 4.06. The van der Waals surface area contributed by atoms with Gasteiger partial charge in [-0.2, -0.15) is 0 Å². The van der Waals surface area contributed by atoms with Crippen molar-refractivity contribution in [3.05, 3.63) is 0 Å². The van der Waals surface area contributed by atoms with Crippen LogP contribution in [0.4, 0.5) is 0 Å². The molecule has 116 valence electrons. The van der Waals surface area contributed by atoms with Crippen molar-refractivity contribution < 1.29 is 14.3 Å². The van der Waals surface area contributed by atoms with E-state index in [-0.39, 0.29) is 17.8 Å². The summed E-state index contributed by atoms with van der Waals surface area (Å²) in [7, 11) is 1.41. The zero-order chi connectivity index (χ0) is 14.6. The Labute approximate surface area is 122 Å². The van der Waals surface area contributed by atoms with Crippen molar-refractivity contribution in [1.29, 1.82) is 0 Å². The van der Waals surface area contributed by atoms with Crippen molar-refractivity contribution in [3.63, 3.8) is 0 Å². The van der Waals surface area contributed by atoms with Crippen molar-refractivity contribution in [2.24, 2.45) is 5.92 Å². The standard InChI is InChI=1S/C16H29NO3/c1-20-15(18)12-8-5-9-13-17-16(19)14-10-6-3-2-4-7-11-14/h14H,2-13H2,1H3,(H,17,19). The lowest BCUT2D eigenvalue weighted by Crippen LogP contribution is -2.31. The number of carbonyl (C=O) groups is 2. The Hall–Kier alpha value is -1.06. The van der Waals surface area contributed by atoms with Gasteiger partial charge in [-0.1, -0.05) is 38.5 Å². The van der Waals surface area contributed by atoms with Crippen LogP contribution in [0.15, 0.2) is 0 Å². The summed E-state index contributed by atoms with van der Waals surface area (Å²) in [5.74, 6) is 0.314. The molecule has 1 amide bonds. The van der Waals surface area contributed by atoms with Gasteiger partial charge in [0, 0.05) is 18.9 Å². The van der Waals surface area contributed by atoms with Crippen LogP contribution >= 0.6 is 0 Å². The van der Waals surface area contributed by atoms with Gasteiger partial charge in [-0.15, -0.1) is 0 Å². The van der Waals surface area contributed by atoms with E-state index < -0.39 is 0 Å². The first-order valence-electron chi connectivity index (χ1n) is 8.08. The third-order valence-electron chi connectivity index (χ3n) is 4.06. The predicted octanol–water partition coefficient (Wildman–Crippen LogP) is 3.20. The molecule has 0 aromatic rings. The minimum absolute atomic E-state index is 0.149. The highest BCUT2D eigenvalue weighted by molar-refractivity contribution is 5.78. The Morgan fingerprint density at radius 3 is 2.30 bits per heavy atom. The van der Waals surface area contributed by atoms with Gasteiger partial charge in [0.05, 0.1) is 7.11 Å². The van der Waals surface area contributed by atoms with Crippen LogP contribution < -0.4 is 5.32 Å². The zero-order valence-electron chi connectivity index (χ0n) is 12.8. The summed E-state index contributed by atoms with van der Waals surface area (Å²) in [6, 6.07) is 0. The Morgan fingerprint density at radius 1 is 1.00 bits per heavy atom. The summed E-state index contributed by atoms with van der Waals surface area (Å²) in [5, 5.41) is 3.05. The molecule has 4 heteroatoms. The average Bonchev–Trinajstić information content (AvgIpc) is 2.41. The molecule has 0 aliphatic heterocycles. The highest BCUT2D eigenvalue weighted by Crippen LogP contribution is 2.22. The Kier molecular flexibility index (Phi) is 9.09. The summed E-state index contributed by atoms with van der Waals surface area (Å²) < 4.78 is 4.59. The van der Waals surface area contributed by atoms with E-state index in [0.29, 0.717) is 6.42 Å². The molecule has 1 saturated carbocycles. The normalized spacial score (nSPS) is 17.1. The van der Waals surface area contributed by atoms with Gasteiger partial charge >= 0.3 is 5.97 Å². The molecule has 0 atom stereocenters. The monoisotopic (exact) mass is 283 g/mol. The van der Waals surface area contributed by atoms with Gasteiger partial charge in [-0.3, -0.25) is 9.59 Å². The number of rotatable bonds is 7. The number of methoxy groups -OCH3 is 1. The van der Waals surface area contributed by atoms with E-state index in [1.807, 2.05) is 0 Å². The van der Waals surface area contributed by atoms with Gasteiger partial charge in [0.15, 0.2) is 0 Å². The number of hydrogen-bond donors (Lipinski definition) is 1. The first kappa shape index (κ1) is 17.0. The van der Waals surface area contributed by atoms with Gasteiger partial charge in [0.1, 0.15) is 0 Å². The minimum Gasteiger partial charge on any atom is -0.469 e. The second kappa shape index (κ2) is 10.7. The number of unbranched alkanes of at least 4 members (excludes halogenated alkanes) is 2. The second-order valence-electron chi connectivity index (χ2n) is 5.72. The molecule has 0 unspecified atom stereocenters. The van der Waals surface area contributed by atoms with Crippen LogP contribution in [0, 0.1) is 5.92 Å². The molecule has 20 heavy (non-hydrogen) atoms. The van der Waals surface area contributed by atoms with Crippen LogP contribution in [0.5, 0.6) is 0 Å². The lowest BCUT2D eigenvalue weighted by molar-refractivity contribution is -0.140. The summed E-state index contributed by atoms with van der Waals surface area (Å²) in [6.07, 6.45) is 11.6. The molecular weight excluding hydrogens is 254 g/mol. The quantitative estimate of drug-likeness (QED) is 0.576. The molecule has 0 radical (unpaired) electrons. The molecule has 0 bridgehead atoms. The molecule has 0 spiro atoms. The largest absolute Gasteiger partial charge is 0.469 e. The van der Waals surface area contributed by atoms with Crippen LogP contribution in [0.1, 0.15) is 70.6 Å². The molecule has 0 heterocycles. The van der Waals surface area contributed by atoms with Crippen molar-refractivity contribution in [1.82, 2.24) is 5.32 Å². The van der Waals surface area contributed by atoms with E-state index >= 15 is 0 Å². The van der Waals surface area contributed by atoms with Gasteiger partial charge in [0.2, 0.25) is 5.91 Å². The van der Waals surface area contributed by atoms with Crippen LogP contribution in [0.2, 0.25) is 0 Å². The summed E-state index contributed by atoms with van der Waals surface area (Å²) in [5.41, 5.74) is 0. The Balaban J connectivity index is 2.05. The fourth-order valence-corrected chi connectivity index (χ4v) is 2.75. The van der Waals surface area contributed by atoms with Crippen molar-refractivity contribution in [2.75, 3.05) is 13.7 Å². The Bertz CT molecular complexity index is 283. The first-order chi connectivity index (χ1) is 9.74. The van der Waals surface area contributed by atoms with E-state index in [4.69, 9.17) is 0 Å². The maximum atomic E-state index is 12.1. The molecule has 1 N–H and O–H groups in total. The molecule has 1 fully saturated rings. The number of ether oxygens (including phenoxy) is 1. The van der Waals surface area contributed by atoms with Gasteiger partial charge in [0.25, 0.3) is 0 Å². The summed E-state index contributed by atoms with van der Waals surface area (Å²) >= 11 is 0. The summed E-state index contributed by atoms with van der Waals surface area (Å²) in [6.45, 7) is 0.733. The lowest BCUT2D eigenvalue weighted by atomic mass is 9.90. The SMILES string of the molecule is COC(=O)CCCCCNC(=O)C1CCCCCCC1. The van der Waals surface area contributed by atoms with Crippen molar-refractivity contribution in [2.45, 2.75) is 70.6 Å². The van der Waals surface area contributed by atoms with E-state index in [2.05, 4.69) is 10.1 Å². The number of nitrogens with one attached hydrogen (secondary N) is 1. The minimum atomic E-state index is -0.149. The topological polar surface area (TPSA) is 55.4 Å². The first-order valence-corrected chi connectivity index (χ1v) is 8.08. The molecule has 1 aliphatic rings. The molecule has 0 aromatic carbocycles. The number of esters is 1. The summed E-state index contributed by atoms with van der Waals surface area (Å²) in [4.78, 5) is 23.0. The van der Waals surface area contributed by atoms with E-state index in [0.717, 1.165) is 38.6 Å². The molecule has 1 rings (SSSR count). The molecule has 0 aromatic heterocycles. The fraction of sp³-hybridized carbons (Fsp3) is 0.875. The van der Waals surface area contributed by atoms with Crippen LogP contribution in [0.25, 0.3) is 0 Å². The van der Waals surface area contributed by atoms with Crippen LogP contribution in [-0.2, 0) is 14.3 Å². The van der Waals surface area contributed by atoms with Crippen molar-refractivity contribution in [3.8, 4) is 0 Å². The number of carbonyl (C=O) groups excluding carboxylic acids is 2. The molecule has 0 saturated heterocycles. The number of amides is 1. The molecular formula is C16H29NO3. The number of hydrogen-bond acceptors (Lipinski definition) is 3. The van der Waals surface area contributed by atoms with Gasteiger partial charge in [-0.25, -0.2) is 0 Å². The zero-order valence-corrected chi connectivity index (χ0v) is 12.8. The highest BCUT2D eigenvalue weighted by atomic mass is 16.5. The van der Waals surface area contributed by atoms with E-state index in [9.17, 15) is 9.59 Å². The third kappa shape index (κ3) is 7.51. The van der Waals surface area contributed by atoms with Crippen molar-refractivity contribution >= 4 is 11.9 Å². The maximum absolute atomic E-state index is 12.1. The lowest BCUT2D eigenvalue weighted by Gasteiger charge is -2.19. The predicted molar refractivity (Wildman–Crippen MR) is 79.3 cm³/mol. The van der Waals surface area contributed by atoms with Crippen LogP contribution in [-0.4, -0.2) is 25.5 Å². The van der Waals surface area contributed by atoms with Gasteiger partial charge < -0.3 is 10.1 Å². The highest BCUT2D eigenvalue weighted by Gasteiger charge is 2.18. The molecule has 1 aliphatic carbocycles. The Morgan fingerprint density at radius 2 is 1.65 bits per heavy atom. The average molecular weight is 283 g/mol. The van der Waals surface area contributed by atoms with Gasteiger partial charge in [-0.05, 0) is 25.7 Å². The smallest absolute Gasteiger partial charge is 0.305 e. The molecule has 4 nitrogen and oxygen atoms in total. The van der Waals surface area contributed by atoms with E-state index in [1.54, 1.807) is 0 Å². The maximum Gasteiger partial charge on any atom is 0.305 e. The van der Waals surface area contributed by atoms with E-state index in [1.165, 1.54) is 39.2 Å². The fourth-order valence-electron chi connectivity index (χ4n) is 2.75. The van der Waals surface area contributed by atoms with Crippen LogP contribution in [0.3, 0.4) is 0 Å². The second-order valence-corrected chi connectivity index (χ2v) is 5.72.